The van der Waals surface area contributed by atoms with Gasteiger partial charge in [-0.15, -0.1) is 0 Å². The molecule has 0 aromatic rings. The maximum Gasteiger partial charge on any atom is 0.407 e. The lowest BCUT2D eigenvalue weighted by Gasteiger charge is -2.30. The zero-order chi connectivity index (χ0) is 15.8. The molecule has 0 bridgehead atoms. The van der Waals surface area contributed by atoms with Gasteiger partial charge in [0.25, 0.3) is 0 Å². The molecule has 118 valence electrons. The molecule has 0 fully saturated rings. The van der Waals surface area contributed by atoms with Crippen molar-refractivity contribution in [2.24, 2.45) is 5.41 Å². The van der Waals surface area contributed by atoms with Crippen LogP contribution in [0.25, 0.3) is 0 Å². The number of aliphatic carboxylic acids is 1. The maximum absolute atomic E-state index is 11.6. The van der Waals surface area contributed by atoms with E-state index < -0.39 is 23.1 Å². The van der Waals surface area contributed by atoms with E-state index in [0.717, 1.165) is 0 Å². The Morgan fingerprint density at radius 3 is 2.20 bits per heavy atom. The van der Waals surface area contributed by atoms with Crippen LogP contribution in [0.15, 0.2) is 0 Å². The highest BCUT2D eigenvalue weighted by Crippen LogP contribution is 2.29. The second kappa shape index (κ2) is 8.09. The zero-order valence-corrected chi connectivity index (χ0v) is 12.9. The van der Waals surface area contributed by atoms with Gasteiger partial charge in [-0.1, -0.05) is 13.3 Å². The number of hydrogen-bond donors (Lipinski definition) is 3. The van der Waals surface area contributed by atoms with E-state index in [-0.39, 0.29) is 13.2 Å². The number of carbonyl (C=O) groups is 2. The third kappa shape index (κ3) is 6.75. The lowest BCUT2D eigenvalue weighted by molar-refractivity contribution is -0.149. The second-order valence-corrected chi connectivity index (χ2v) is 6.02. The van der Waals surface area contributed by atoms with Gasteiger partial charge in [0, 0.05) is 13.2 Å². The molecule has 20 heavy (non-hydrogen) atoms. The van der Waals surface area contributed by atoms with Gasteiger partial charge in [-0.2, -0.15) is 0 Å². The molecule has 0 radical (unpaired) electrons. The number of rotatable bonds is 8. The fraction of sp³-hybridized carbons (Fsp3) is 0.857. The number of hydrogen-bond acceptors (Lipinski definition) is 4. The van der Waals surface area contributed by atoms with Crippen LogP contribution in [0, 0.1) is 5.41 Å². The number of aliphatic hydroxyl groups excluding tert-OH is 1. The molecule has 0 aliphatic carbocycles. The average Bonchev–Trinajstić information content (AvgIpc) is 2.30. The fourth-order valence-electron chi connectivity index (χ4n) is 2.04. The number of carbonyl (C=O) groups excluding carboxylic acids is 1. The number of carboxylic acids is 1. The van der Waals surface area contributed by atoms with Crippen LogP contribution in [0.5, 0.6) is 0 Å². The van der Waals surface area contributed by atoms with Crippen molar-refractivity contribution in [1.82, 2.24) is 5.32 Å². The molecule has 6 heteroatoms. The van der Waals surface area contributed by atoms with Gasteiger partial charge in [-0.25, -0.2) is 4.79 Å². The van der Waals surface area contributed by atoms with Crippen molar-refractivity contribution in [3.8, 4) is 0 Å². The highest BCUT2D eigenvalue weighted by molar-refractivity contribution is 5.76. The minimum atomic E-state index is -1.05. The molecule has 0 heterocycles. The number of alkyl carbamates (subject to hydrolysis) is 1. The largest absolute Gasteiger partial charge is 0.481 e. The van der Waals surface area contributed by atoms with Crippen molar-refractivity contribution < 1.29 is 24.5 Å². The first-order valence-corrected chi connectivity index (χ1v) is 6.98. The van der Waals surface area contributed by atoms with Gasteiger partial charge in [-0.05, 0) is 40.0 Å². The number of carboxylic acid groups (broad SMARTS) is 1. The molecule has 0 saturated heterocycles. The lowest BCUT2D eigenvalue weighted by Crippen LogP contribution is -2.44. The SMILES string of the molecule is CCCC(CCCO)(CNC(=O)OC(C)(C)C)C(=O)O. The summed E-state index contributed by atoms with van der Waals surface area (Å²) in [4.78, 5) is 23.2. The molecule has 0 saturated carbocycles. The smallest absolute Gasteiger partial charge is 0.407 e. The van der Waals surface area contributed by atoms with Crippen LogP contribution < -0.4 is 5.32 Å². The summed E-state index contributed by atoms with van der Waals surface area (Å²) >= 11 is 0. The molecular formula is C14H27NO5. The highest BCUT2D eigenvalue weighted by Gasteiger charge is 2.37. The summed E-state index contributed by atoms with van der Waals surface area (Å²) in [5.74, 6) is -0.955. The summed E-state index contributed by atoms with van der Waals surface area (Å²) in [5, 5.41) is 20.9. The van der Waals surface area contributed by atoms with Crippen LogP contribution in [0.2, 0.25) is 0 Å². The summed E-state index contributed by atoms with van der Waals surface area (Å²) < 4.78 is 5.10. The Morgan fingerprint density at radius 1 is 1.20 bits per heavy atom. The summed E-state index contributed by atoms with van der Waals surface area (Å²) in [6.45, 7) is 7.07. The zero-order valence-electron chi connectivity index (χ0n) is 12.9. The van der Waals surface area contributed by atoms with Crippen molar-refractivity contribution in [3.63, 3.8) is 0 Å². The van der Waals surface area contributed by atoms with Gasteiger partial charge in [0.2, 0.25) is 0 Å². The van der Waals surface area contributed by atoms with Crippen LogP contribution in [-0.4, -0.2) is 41.0 Å². The van der Waals surface area contributed by atoms with Gasteiger partial charge >= 0.3 is 12.1 Å². The third-order valence-corrected chi connectivity index (χ3v) is 2.97. The molecule has 0 aliphatic rings. The van der Waals surface area contributed by atoms with Gasteiger partial charge < -0.3 is 20.3 Å². The van der Waals surface area contributed by atoms with Crippen molar-refractivity contribution in [1.29, 1.82) is 0 Å². The van der Waals surface area contributed by atoms with Gasteiger partial charge in [0.05, 0.1) is 5.41 Å². The monoisotopic (exact) mass is 289 g/mol. The minimum Gasteiger partial charge on any atom is -0.481 e. The first-order valence-electron chi connectivity index (χ1n) is 6.98. The van der Waals surface area contributed by atoms with Crippen molar-refractivity contribution >= 4 is 12.1 Å². The molecule has 0 aromatic heterocycles. The van der Waals surface area contributed by atoms with Crippen LogP contribution in [-0.2, 0) is 9.53 Å². The molecule has 0 aromatic carbocycles. The predicted octanol–water partition coefficient (Wildman–Crippen LogP) is 2.15. The van der Waals surface area contributed by atoms with Gasteiger partial charge in [0.1, 0.15) is 5.60 Å². The standard InChI is InChI=1S/C14H27NO5/c1-5-7-14(11(17)18,8-6-9-16)10-15-12(19)20-13(2,3)4/h16H,5-10H2,1-4H3,(H,15,19)(H,17,18). The lowest BCUT2D eigenvalue weighted by atomic mass is 9.79. The average molecular weight is 289 g/mol. The van der Waals surface area contributed by atoms with E-state index in [1.165, 1.54) is 0 Å². The van der Waals surface area contributed by atoms with Crippen LogP contribution in [0.1, 0.15) is 53.4 Å². The highest BCUT2D eigenvalue weighted by atomic mass is 16.6. The maximum atomic E-state index is 11.6. The molecule has 0 rings (SSSR count). The van der Waals surface area contributed by atoms with E-state index in [1.54, 1.807) is 20.8 Å². The molecular weight excluding hydrogens is 262 g/mol. The molecule has 1 atom stereocenters. The summed E-state index contributed by atoms with van der Waals surface area (Å²) in [6.07, 6.45) is 1.22. The molecule has 0 spiro atoms. The van der Waals surface area contributed by atoms with Gasteiger partial charge in [-0.3, -0.25) is 4.79 Å². The van der Waals surface area contributed by atoms with E-state index in [9.17, 15) is 14.7 Å². The van der Waals surface area contributed by atoms with Crippen LogP contribution >= 0.6 is 0 Å². The second-order valence-electron chi connectivity index (χ2n) is 6.02. The van der Waals surface area contributed by atoms with E-state index >= 15 is 0 Å². The Hall–Kier alpha value is -1.30. The summed E-state index contributed by atoms with van der Waals surface area (Å²) in [7, 11) is 0. The number of nitrogens with one attached hydrogen (secondary N) is 1. The topological polar surface area (TPSA) is 95.9 Å². The first kappa shape index (κ1) is 18.7. The molecule has 3 N–H and O–H groups in total. The number of amides is 1. The quantitative estimate of drug-likeness (QED) is 0.636. The Labute approximate surface area is 120 Å². The normalized spacial score (nSPS) is 14.4. The van der Waals surface area contributed by atoms with E-state index in [0.29, 0.717) is 25.7 Å². The van der Waals surface area contributed by atoms with Crippen molar-refractivity contribution in [3.05, 3.63) is 0 Å². The molecule has 1 unspecified atom stereocenters. The third-order valence-electron chi connectivity index (χ3n) is 2.97. The summed E-state index contributed by atoms with van der Waals surface area (Å²) in [5.41, 5.74) is -1.67. The number of aliphatic hydroxyl groups is 1. The van der Waals surface area contributed by atoms with Crippen LogP contribution in [0.3, 0.4) is 0 Å². The minimum absolute atomic E-state index is 0.00505. The Bertz CT molecular complexity index is 324. The van der Waals surface area contributed by atoms with Crippen LogP contribution in [0.4, 0.5) is 4.79 Å². The van der Waals surface area contributed by atoms with E-state index in [2.05, 4.69) is 5.32 Å². The molecule has 0 aliphatic heterocycles. The number of ether oxygens (including phenoxy) is 1. The predicted molar refractivity (Wildman–Crippen MR) is 75.5 cm³/mol. The Balaban J connectivity index is 4.71. The molecule has 1 amide bonds. The summed E-state index contributed by atoms with van der Waals surface area (Å²) in [6, 6.07) is 0. The van der Waals surface area contributed by atoms with Gasteiger partial charge in [0.15, 0.2) is 0 Å². The first-order chi connectivity index (χ1) is 9.17. The van der Waals surface area contributed by atoms with E-state index in [4.69, 9.17) is 9.84 Å². The Morgan fingerprint density at radius 2 is 1.80 bits per heavy atom. The van der Waals surface area contributed by atoms with Crippen molar-refractivity contribution in [2.75, 3.05) is 13.2 Å². The van der Waals surface area contributed by atoms with Crippen molar-refractivity contribution in [2.45, 2.75) is 59.0 Å². The fourth-order valence-corrected chi connectivity index (χ4v) is 2.04. The Kier molecular flexibility index (Phi) is 7.57. The van der Waals surface area contributed by atoms with E-state index in [1.807, 2.05) is 6.92 Å². The molecule has 6 nitrogen and oxygen atoms in total.